The minimum atomic E-state index is -0.283. The molecule has 2 N–H and O–H groups in total. The Kier molecular flexibility index (Phi) is 4.71. The lowest BCUT2D eigenvalue weighted by Crippen LogP contribution is -2.32. The first kappa shape index (κ1) is 16.3. The number of hydrogen-bond donors (Lipinski definition) is 2. The van der Waals surface area contributed by atoms with Gasteiger partial charge in [0.2, 0.25) is 5.91 Å². The fraction of sp³-hybridized carbons (Fsp3) is 0.222. The molecule has 2 aromatic rings. The molecule has 1 aliphatic rings. The van der Waals surface area contributed by atoms with Crippen LogP contribution in [0.5, 0.6) is 5.75 Å². The third kappa shape index (κ3) is 3.51. The van der Waals surface area contributed by atoms with Crippen molar-refractivity contribution in [3.8, 4) is 5.75 Å². The summed E-state index contributed by atoms with van der Waals surface area (Å²) < 4.78 is 5.64. The number of anilines is 1. The van der Waals surface area contributed by atoms with Gasteiger partial charge in [0.05, 0.1) is 5.92 Å². The van der Waals surface area contributed by atoms with Crippen LogP contribution in [0.4, 0.5) is 5.69 Å². The lowest BCUT2D eigenvalue weighted by atomic mass is 9.96. The van der Waals surface area contributed by atoms with Crippen molar-refractivity contribution in [3.63, 3.8) is 0 Å². The Labute approximate surface area is 145 Å². The van der Waals surface area contributed by atoms with Crippen LogP contribution in [-0.2, 0) is 11.2 Å². The lowest BCUT2D eigenvalue weighted by molar-refractivity contribution is -0.121. The molecule has 3 rings (SSSR count). The Morgan fingerprint density at radius 1 is 1.17 bits per heavy atom. The molecule has 0 aromatic heterocycles. The summed E-state index contributed by atoms with van der Waals surface area (Å²) >= 11 is 6.00. The van der Waals surface area contributed by atoms with Crippen molar-refractivity contribution in [2.75, 3.05) is 19.0 Å². The predicted octanol–water partition coefficient (Wildman–Crippen LogP) is 2.89. The minimum Gasteiger partial charge on any atom is -0.492 e. The van der Waals surface area contributed by atoms with Crippen LogP contribution in [0, 0.1) is 5.92 Å². The number of hydrogen-bond acceptors (Lipinski definition) is 3. The molecule has 1 aliphatic heterocycles. The van der Waals surface area contributed by atoms with E-state index in [0.717, 1.165) is 11.3 Å². The van der Waals surface area contributed by atoms with E-state index >= 15 is 0 Å². The molecule has 0 spiro atoms. The maximum Gasteiger partial charge on any atom is 0.251 e. The van der Waals surface area contributed by atoms with E-state index < -0.39 is 0 Å². The van der Waals surface area contributed by atoms with Crippen molar-refractivity contribution in [1.82, 2.24) is 5.32 Å². The number of carbonyl (C=O) groups is 2. The summed E-state index contributed by atoms with van der Waals surface area (Å²) in [6.45, 7) is 0.330. The molecule has 2 aromatic carbocycles. The van der Waals surface area contributed by atoms with Crippen molar-refractivity contribution in [1.29, 1.82) is 0 Å². The molecule has 24 heavy (non-hydrogen) atoms. The van der Waals surface area contributed by atoms with E-state index in [0.29, 0.717) is 29.3 Å². The Balaban J connectivity index is 1.66. The highest BCUT2D eigenvalue weighted by atomic mass is 35.5. The Bertz CT molecular complexity index is 774. The van der Waals surface area contributed by atoms with Crippen LogP contribution in [0.3, 0.4) is 0 Å². The average molecular weight is 345 g/mol. The predicted molar refractivity (Wildman–Crippen MR) is 92.6 cm³/mol. The molecule has 0 aliphatic carbocycles. The van der Waals surface area contributed by atoms with Crippen LogP contribution in [0.1, 0.15) is 15.9 Å². The number of benzene rings is 2. The highest BCUT2D eigenvalue weighted by Crippen LogP contribution is 2.30. The lowest BCUT2D eigenvalue weighted by Gasteiger charge is -2.24. The third-order valence-corrected chi connectivity index (χ3v) is 4.18. The van der Waals surface area contributed by atoms with Crippen LogP contribution in [0.2, 0.25) is 5.02 Å². The zero-order valence-corrected chi connectivity index (χ0v) is 13.9. The zero-order chi connectivity index (χ0) is 17.1. The molecular weight excluding hydrogens is 328 g/mol. The van der Waals surface area contributed by atoms with E-state index in [9.17, 15) is 9.59 Å². The van der Waals surface area contributed by atoms with Gasteiger partial charge < -0.3 is 15.4 Å². The number of nitrogens with one attached hydrogen (secondary N) is 2. The van der Waals surface area contributed by atoms with E-state index in [1.807, 2.05) is 12.1 Å². The molecule has 0 unspecified atom stereocenters. The first-order valence-corrected chi connectivity index (χ1v) is 7.99. The largest absolute Gasteiger partial charge is 0.492 e. The van der Waals surface area contributed by atoms with Gasteiger partial charge in [0.1, 0.15) is 12.4 Å². The fourth-order valence-corrected chi connectivity index (χ4v) is 2.82. The molecule has 6 heteroatoms. The first-order valence-electron chi connectivity index (χ1n) is 7.61. The van der Waals surface area contributed by atoms with Gasteiger partial charge in [-0.25, -0.2) is 0 Å². The Hall–Kier alpha value is -2.53. The SMILES string of the molecule is CNC(=O)c1ccc(NC(=O)[C@@H]2COc3ccc(Cl)cc3C2)cc1. The van der Waals surface area contributed by atoms with Crippen molar-refractivity contribution in [2.45, 2.75) is 6.42 Å². The highest BCUT2D eigenvalue weighted by molar-refractivity contribution is 6.30. The summed E-state index contributed by atoms with van der Waals surface area (Å²) in [5, 5.41) is 6.04. The van der Waals surface area contributed by atoms with E-state index in [2.05, 4.69) is 10.6 Å². The number of carbonyl (C=O) groups excluding carboxylic acids is 2. The monoisotopic (exact) mass is 344 g/mol. The quantitative estimate of drug-likeness (QED) is 0.899. The van der Waals surface area contributed by atoms with E-state index in [1.54, 1.807) is 37.4 Å². The molecule has 0 radical (unpaired) electrons. The number of halogens is 1. The van der Waals surface area contributed by atoms with Gasteiger partial charge in [-0.3, -0.25) is 9.59 Å². The van der Waals surface area contributed by atoms with Gasteiger partial charge in [-0.15, -0.1) is 0 Å². The Morgan fingerprint density at radius 2 is 1.92 bits per heavy atom. The molecule has 0 saturated heterocycles. The zero-order valence-electron chi connectivity index (χ0n) is 13.1. The van der Waals surface area contributed by atoms with Gasteiger partial charge in [0.15, 0.2) is 0 Å². The van der Waals surface area contributed by atoms with E-state index in [4.69, 9.17) is 16.3 Å². The van der Waals surface area contributed by atoms with Crippen LogP contribution in [0.25, 0.3) is 0 Å². The van der Waals surface area contributed by atoms with Crippen molar-refractivity contribution in [3.05, 3.63) is 58.6 Å². The van der Waals surface area contributed by atoms with Gasteiger partial charge in [-0.1, -0.05) is 11.6 Å². The normalized spacial score (nSPS) is 15.8. The highest BCUT2D eigenvalue weighted by Gasteiger charge is 2.26. The molecule has 2 amide bonds. The van der Waals surface area contributed by atoms with Crippen LogP contribution in [-0.4, -0.2) is 25.5 Å². The van der Waals surface area contributed by atoms with Crippen LogP contribution >= 0.6 is 11.6 Å². The number of amides is 2. The second-order valence-electron chi connectivity index (χ2n) is 5.61. The topological polar surface area (TPSA) is 67.4 Å². The maximum absolute atomic E-state index is 12.4. The van der Waals surface area contributed by atoms with Crippen LogP contribution < -0.4 is 15.4 Å². The summed E-state index contributed by atoms with van der Waals surface area (Å²) in [5.41, 5.74) is 2.12. The summed E-state index contributed by atoms with van der Waals surface area (Å²) in [4.78, 5) is 23.9. The molecule has 1 heterocycles. The molecule has 124 valence electrons. The average Bonchev–Trinajstić information content (AvgIpc) is 2.61. The van der Waals surface area contributed by atoms with E-state index in [-0.39, 0.29) is 17.7 Å². The smallest absolute Gasteiger partial charge is 0.251 e. The molecule has 0 fully saturated rings. The number of fused-ring (bicyclic) bond motifs is 1. The number of rotatable bonds is 3. The standard InChI is InChI=1S/C18H17ClN2O3/c1-20-17(22)11-2-5-15(6-3-11)21-18(23)13-8-12-9-14(19)4-7-16(12)24-10-13/h2-7,9,13H,8,10H2,1H3,(H,20,22)(H,21,23)/t13-/m0/s1. The number of ether oxygens (including phenoxy) is 1. The summed E-state index contributed by atoms with van der Waals surface area (Å²) in [6.07, 6.45) is 0.581. The second kappa shape index (κ2) is 6.93. The van der Waals surface area contributed by atoms with Gasteiger partial charge >= 0.3 is 0 Å². The van der Waals surface area contributed by atoms with Gasteiger partial charge in [-0.2, -0.15) is 0 Å². The van der Waals surface area contributed by atoms with E-state index in [1.165, 1.54) is 0 Å². The van der Waals surface area contributed by atoms with Gasteiger partial charge in [0, 0.05) is 23.3 Å². The summed E-state index contributed by atoms with van der Waals surface area (Å²) in [6, 6.07) is 12.2. The third-order valence-electron chi connectivity index (χ3n) is 3.94. The molecule has 1 atom stereocenters. The Morgan fingerprint density at radius 3 is 2.62 bits per heavy atom. The summed E-state index contributed by atoms with van der Waals surface area (Å²) in [7, 11) is 1.57. The van der Waals surface area contributed by atoms with Gasteiger partial charge in [-0.05, 0) is 54.4 Å². The van der Waals surface area contributed by atoms with Gasteiger partial charge in [0.25, 0.3) is 5.91 Å². The molecule has 0 saturated carbocycles. The molecule has 5 nitrogen and oxygen atoms in total. The molecular formula is C18H17ClN2O3. The first-order chi connectivity index (χ1) is 11.6. The minimum absolute atomic E-state index is 0.117. The molecule has 0 bridgehead atoms. The second-order valence-corrected chi connectivity index (χ2v) is 6.05. The van der Waals surface area contributed by atoms with Crippen LogP contribution in [0.15, 0.2) is 42.5 Å². The van der Waals surface area contributed by atoms with Crippen molar-refractivity contribution < 1.29 is 14.3 Å². The maximum atomic E-state index is 12.4. The fourth-order valence-electron chi connectivity index (χ4n) is 2.63. The summed E-state index contributed by atoms with van der Waals surface area (Å²) in [5.74, 6) is 0.211. The van der Waals surface area contributed by atoms with Crippen molar-refractivity contribution in [2.24, 2.45) is 5.92 Å². The van der Waals surface area contributed by atoms with Crippen molar-refractivity contribution >= 4 is 29.1 Å².